The highest BCUT2D eigenvalue weighted by Gasteiger charge is 2.25. The standard InChI is InChI=1S/C14H26N4O2S2/c15-11(13(19)17-5-1-2-6-17)9-21-22-10-12(16)14(20)18-7-3-4-8-18/h11-12H,1-10,15-16H2. The van der Waals surface area contributed by atoms with Gasteiger partial charge in [-0.15, -0.1) is 0 Å². The molecule has 0 bridgehead atoms. The van der Waals surface area contributed by atoms with E-state index in [2.05, 4.69) is 0 Å². The average Bonchev–Trinajstić information content (AvgIpc) is 3.22. The van der Waals surface area contributed by atoms with Crippen molar-refractivity contribution in [1.82, 2.24) is 9.80 Å². The van der Waals surface area contributed by atoms with Gasteiger partial charge in [0.15, 0.2) is 0 Å². The van der Waals surface area contributed by atoms with E-state index in [0.717, 1.165) is 51.9 Å². The second-order valence-electron chi connectivity index (χ2n) is 5.85. The third kappa shape index (κ3) is 5.04. The van der Waals surface area contributed by atoms with Crippen LogP contribution in [0.3, 0.4) is 0 Å². The third-order valence-corrected chi connectivity index (χ3v) is 6.52. The Kier molecular flexibility index (Phi) is 7.33. The van der Waals surface area contributed by atoms with E-state index >= 15 is 0 Å². The number of amides is 2. The van der Waals surface area contributed by atoms with E-state index in [0.29, 0.717) is 11.5 Å². The van der Waals surface area contributed by atoms with Crippen molar-refractivity contribution in [3.63, 3.8) is 0 Å². The van der Waals surface area contributed by atoms with Crippen molar-refractivity contribution in [3.05, 3.63) is 0 Å². The smallest absolute Gasteiger partial charge is 0.240 e. The van der Waals surface area contributed by atoms with E-state index in [1.54, 1.807) is 0 Å². The number of hydrogen-bond acceptors (Lipinski definition) is 6. The summed E-state index contributed by atoms with van der Waals surface area (Å²) >= 11 is 0. The van der Waals surface area contributed by atoms with Gasteiger partial charge in [-0.1, -0.05) is 21.6 Å². The molecule has 0 spiro atoms. The Hall–Kier alpha value is -0.440. The lowest BCUT2D eigenvalue weighted by atomic mass is 10.3. The van der Waals surface area contributed by atoms with Gasteiger partial charge in [0, 0.05) is 37.7 Å². The maximum atomic E-state index is 12.0. The average molecular weight is 347 g/mol. The van der Waals surface area contributed by atoms with Gasteiger partial charge >= 0.3 is 0 Å². The van der Waals surface area contributed by atoms with Gasteiger partial charge in [-0.25, -0.2) is 0 Å². The fourth-order valence-electron chi connectivity index (χ4n) is 2.73. The van der Waals surface area contributed by atoms with Crippen molar-refractivity contribution in [2.75, 3.05) is 37.7 Å². The van der Waals surface area contributed by atoms with Gasteiger partial charge in [0.2, 0.25) is 11.8 Å². The van der Waals surface area contributed by atoms with Crippen molar-refractivity contribution in [2.45, 2.75) is 37.8 Å². The Balaban J connectivity index is 1.59. The number of nitrogens with zero attached hydrogens (tertiary/aromatic N) is 2. The molecule has 2 aliphatic rings. The molecule has 8 heteroatoms. The number of carbonyl (C=O) groups excluding carboxylic acids is 2. The van der Waals surface area contributed by atoms with E-state index in [1.165, 1.54) is 21.6 Å². The SMILES string of the molecule is NC(CSSCC(N)C(=O)N1CCCC1)C(=O)N1CCCC1. The lowest BCUT2D eigenvalue weighted by molar-refractivity contribution is -0.131. The molecule has 2 saturated heterocycles. The van der Waals surface area contributed by atoms with Crippen LogP contribution in [-0.2, 0) is 9.59 Å². The number of nitrogens with two attached hydrogens (primary N) is 2. The first-order valence-electron chi connectivity index (χ1n) is 7.92. The molecular formula is C14H26N4O2S2. The number of likely N-dealkylation sites (tertiary alicyclic amines) is 2. The molecule has 2 atom stereocenters. The molecule has 0 saturated carbocycles. The minimum absolute atomic E-state index is 0.0445. The summed E-state index contributed by atoms with van der Waals surface area (Å²) in [7, 11) is 3.06. The van der Waals surface area contributed by atoms with Gasteiger partial charge in [-0.3, -0.25) is 9.59 Å². The molecule has 2 rings (SSSR count). The Morgan fingerprint density at radius 1 is 0.773 bits per heavy atom. The second-order valence-corrected chi connectivity index (χ2v) is 8.40. The first-order chi connectivity index (χ1) is 10.6. The van der Waals surface area contributed by atoms with Gasteiger partial charge in [-0.05, 0) is 25.7 Å². The summed E-state index contributed by atoms with van der Waals surface area (Å²) < 4.78 is 0. The minimum atomic E-state index is -0.457. The molecular weight excluding hydrogens is 320 g/mol. The Morgan fingerprint density at radius 2 is 1.09 bits per heavy atom. The minimum Gasteiger partial charge on any atom is -0.341 e. The van der Waals surface area contributed by atoms with Gasteiger partial charge in [0.1, 0.15) is 0 Å². The highest BCUT2D eigenvalue weighted by atomic mass is 33.1. The molecule has 0 aliphatic carbocycles. The van der Waals surface area contributed by atoms with Crippen LogP contribution in [0.2, 0.25) is 0 Å². The van der Waals surface area contributed by atoms with Crippen LogP contribution >= 0.6 is 21.6 Å². The quantitative estimate of drug-likeness (QED) is 0.508. The molecule has 0 aromatic carbocycles. The summed E-state index contributed by atoms with van der Waals surface area (Å²) in [6.45, 7) is 3.33. The van der Waals surface area contributed by atoms with E-state index < -0.39 is 12.1 Å². The molecule has 22 heavy (non-hydrogen) atoms. The highest BCUT2D eigenvalue weighted by molar-refractivity contribution is 8.76. The highest BCUT2D eigenvalue weighted by Crippen LogP contribution is 2.23. The summed E-state index contributed by atoms with van der Waals surface area (Å²) in [6, 6.07) is -0.915. The molecule has 0 radical (unpaired) electrons. The zero-order chi connectivity index (χ0) is 15.9. The van der Waals surface area contributed by atoms with E-state index in [9.17, 15) is 9.59 Å². The maximum absolute atomic E-state index is 12.0. The second kappa shape index (κ2) is 9.00. The summed E-state index contributed by atoms with van der Waals surface area (Å²) in [6.07, 6.45) is 4.31. The lowest BCUT2D eigenvalue weighted by Crippen LogP contribution is -2.44. The lowest BCUT2D eigenvalue weighted by Gasteiger charge is -2.21. The fourth-order valence-corrected chi connectivity index (χ4v) is 4.96. The molecule has 2 unspecified atom stereocenters. The summed E-state index contributed by atoms with van der Waals surface area (Å²) in [4.78, 5) is 27.8. The van der Waals surface area contributed by atoms with Crippen LogP contribution in [0, 0.1) is 0 Å². The van der Waals surface area contributed by atoms with Crippen molar-refractivity contribution >= 4 is 33.4 Å². The first-order valence-corrected chi connectivity index (χ1v) is 10.4. The molecule has 4 N–H and O–H groups in total. The molecule has 2 amide bonds. The van der Waals surface area contributed by atoms with Crippen LogP contribution in [0.1, 0.15) is 25.7 Å². The van der Waals surface area contributed by atoms with Crippen LogP contribution in [-0.4, -0.2) is 71.4 Å². The van der Waals surface area contributed by atoms with Gasteiger partial charge in [0.05, 0.1) is 12.1 Å². The van der Waals surface area contributed by atoms with Crippen LogP contribution in [0.5, 0.6) is 0 Å². The predicted molar refractivity (Wildman–Crippen MR) is 92.5 cm³/mol. The predicted octanol–water partition coefficient (Wildman–Crippen LogP) is 0.267. The summed E-state index contributed by atoms with van der Waals surface area (Å²) in [5.74, 6) is 1.21. The van der Waals surface area contributed by atoms with Crippen molar-refractivity contribution < 1.29 is 9.59 Å². The van der Waals surface area contributed by atoms with Gasteiger partial charge in [0.25, 0.3) is 0 Å². The molecule has 0 aromatic rings. The van der Waals surface area contributed by atoms with Crippen molar-refractivity contribution in [2.24, 2.45) is 11.5 Å². The van der Waals surface area contributed by atoms with Crippen LogP contribution in [0.15, 0.2) is 0 Å². The zero-order valence-electron chi connectivity index (χ0n) is 12.9. The van der Waals surface area contributed by atoms with E-state index in [-0.39, 0.29) is 11.8 Å². The number of rotatable bonds is 7. The van der Waals surface area contributed by atoms with Gasteiger partial charge < -0.3 is 21.3 Å². The summed E-state index contributed by atoms with van der Waals surface area (Å²) in [5, 5.41) is 0. The Labute approximate surface area is 140 Å². The van der Waals surface area contributed by atoms with Crippen molar-refractivity contribution in [1.29, 1.82) is 0 Å². The molecule has 2 heterocycles. The number of carbonyl (C=O) groups is 2. The topological polar surface area (TPSA) is 92.7 Å². The van der Waals surface area contributed by atoms with E-state index in [1.807, 2.05) is 9.80 Å². The maximum Gasteiger partial charge on any atom is 0.240 e. The van der Waals surface area contributed by atoms with E-state index in [4.69, 9.17) is 11.5 Å². The van der Waals surface area contributed by atoms with Crippen LogP contribution in [0.4, 0.5) is 0 Å². The first kappa shape index (κ1) is 17.9. The molecule has 2 fully saturated rings. The molecule has 6 nitrogen and oxygen atoms in total. The monoisotopic (exact) mass is 346 g/mol. The third-order valence-electron chi connectivity index (χ3n) is 4.05. The fraction of sp³-hybridized carbons (Fsp3) is 0.857. The molecule has 0 aromatic heterocycles. The largest absolute Gasteiger partial charge is 0.341 e. The molecule has 126 valence electrons. The molecule has 2 aliphatic heterocycles. The Bertz CT molecular complexity index is 349. The zero-order valence-corrected chi connectivity index (χ0v) is 14.5. The van der Waals surface area contributed by atoms with Crippen LogP contribution < -0.4 is 11.5 Å². The Morgan fingerprint density at radius 3 is 1.41 bits per heavy atom. The van der Waals surface area contributed by atoms with Gasteiger partial charge in [-0.2, -0.15) is 0 Å². The van der Waals surface area contributed by atoms with Crippen molar-refractivity contribution in [3.8, 4) is 0 Å². The van der Waals surface area contributed by atoms with Crippen LogP contribution in [0.25, 0.3) is 0 Å². The normalized spacial score (nSPS) is 21.2. The number of hydrogen-bond donors (Lipinski definition) is 2. The summed E-state index contributed by atoms with van der Waals surface area (Å²) in [5.41, 5.74) is 11.9.